The monoisotopic (exact) mass is 682 g/mol. The van der Waals surface area contributed by atoms with Crippen LogP contribution in [0.3, 0.4) is 0 Å². The van der Waals surface area contributed by atoms with Gasteiger partial charge in [-0.25, -0.2) is 0 Å². The molecule has 0 aromatic heterocycles. The highest BCUT2D eigenvalue weighted by atomic mass is 127. The first-order valence-corrected chi connectivity index (χ1v) is 8.56. The highest BCUT2D eigenvalue weighted by Crippen LogP contribution is 2.45. The van der Waals surface area contributed by atoms with Gasteiger partial charge in [0, 0.05) is 28.6 Å². The summed E-state index contributed by atoms with van der Waals surface area (Å²) in [7, 11) is 0. The van der Waals surface area contributed by atoms with Crippen LogP contribution in [0.2, 0.25) is 0 Å². The Labute approximate surface area is 201 Å². The van der Waals surface area contributed by atoms with Crippen LogP contribution in [0.25, 0.3) is 0 Å². The number of fused-ring (bicyclic) bond motifs is 2. The topological polar surface area (TPSA) is 15.3 Å². The van der Waals surface area contributed by atoms with Gasteiger partial charge >= 0.3 is 0 Å². The average molecular weight is 682 g/mol. The molecule has 1 aliphatic rings. The Bertz CT molecular complexity index is 631. The van der Waals surface area contributed by atoms with Crippen LogP contribution >= 0.6 is 83.7 Å². The quantitative estimate of drug-likeness (QED) is 0.283. The number of anilines is 3. The van der Waals surface area contributed by atoms with Crippen LogP contribution in [0.1, 0.15) is 26.7 Å². The van der Waals surface area contributed by atoms with Crippen LogP contribution in [0, 0.1) is 0 Å². The maximum atomic E-state index is 3.53. The Kier molecular flexibility index (Phi) is 12.3. The molecule has 0 amide bonds. The van der Waals surface area contributed by atoms with Gasteiger partial charge in [0.2, 0.25) is 0 Å². The fourth-order valence-electron chi connectivity index (χ4n) is 2.73. The summed E-state index contributed by atoms with van der Waals surface area (Å²) in [6.45, 7) is 6.74. The van der Waals surface area contributed by atoms with E-state index >= 15 is 0 Å². The Morgan fingerprint density at radius 1 is 0.833 bits per heavy atom. The zero-order valence-electron chi connectivity index (χ0n) is 14.0. The van der Waals surface area contributed by atoms with Crippen molar-refractivity contribution in [2.75, 3.05) is 23.3 Å². The molecule has 2 nitrogen and oxygen atoms in total. The van der Waals surface area contributed by atoms with E-state index in [2.05, 4.69) is 66.5 Å². The molecule has 134 valence electrons. The lowest BCUT2D eigenvalue weighted by Crippen LogP contribution is -2.24. The maximum absolute atomic E-state index is 3.53. The van der Waals surface area contributed by atoms with Crippen LogP contribution in [-0.4, -0.2) is 13.1 Å². The van der Waals surface area contributed by atoms with Gasteiger partial charge in [0.05, 0.1) is 11.4 Å². The average Bonchev–Trinajstić information content (AvgIpc) is 2.52. The van der Waals surface area contributed by atoms with E-state index < -0.39 is 0 Å². The van der Waals surface area contributed by atoms with Crippen molar-refractivity contribution in [2.24, 2.45) is 0 Å². The standard InChI is InChI=1S/C18H22N2S.3HI/c1-3-11-20(12-4-2)14-9-10-16-18(13-14)21-17-8-6-5-7-15(17)19-16;;;/h5-10,13,19H,3-4,11-12H2,1-2H3;3*1H. The highest BCUT2D eigenvalue weighted by molar-refractivity contribution is 14.0. The van der Waals surface area contributed by atoms with Crippen molar-refractivity contribution < 1.29 is 0 Å². The number of nitrogens with one attached hydrogen (secondary N) is 1. The summed E-state index contributed by atoms with van der Waals surface area (Å²) < 4.78 is 0. The van der Waals surface area contributed by atoms with E-state index in [9.17, 15) is 0 Å². The van der Waals surface area contributed by atoms with Gasteiger partial charge in [-0.15, -0.1) is 71.9 Å². The Balaban J connectivity index is 0.00000176. The number of halogens is 3. The second-order valence-corrected chi connectivity index (χ2v) is 6.47. The molecule has 0 atom stereocenters. The van der Waals surface area contributed by atoms with Crippen molar-refractivity contribution in [1.29, 1.82) is 0 Å². The van der Waals surface area contributed by atoms with Crippen LogP contribution in [0.4, 0.5) is 17.1 Å². The smallest absolute Gasteiger partial charge is 0.0527 e. The molecule has 3 rings (SSSR count). The largest absolute Gasteiger partial charge is 0.372 e. The van der Waals surface area contributed by atoms with Crippen molar-refractivity contribution in [3.63, 3.8) is 0 Å². The van der Waals surface area contributed by atoms with Crippen molar-refractivity contribution in [3.8, 4) is 0 Å². The molecular weight excluding hydrogens is 657 g/mol. The molecule has 0 spiro atoms. The molecule has 0 saturated heterocycles. The van der Waals surface area contributed by atoms with E-state index in [1.54, 1.807) is 0 Å². The SMILES string of the molecule is CCCN(CCC)c1ccc2c(c1)Sc1ccccc1N2.I.I.I. The fraction of sp³-hybridized carbons (Fsp3) is 0.333. The number of benzene rings is 2. The number of hydrogen-bond acceptors (Lipinski definition) is 3. The Morgan fingerprint density at radius 2 is 1.46 bits per heavy atom. The molecule has 0 bridgehead atoms. The number of rotatable bonds is 5. The third kappa shape index (κ3) is 5.80. The predicted octanol–water partition coefficient (Wildman–Crippen LogP) is 7.38. The molecule has 6 heteroatoms. The second-order valence-electron chi connectivity index (χ2n) is 5.39. The van der Waals surface area contributed by atoms with Crippen LogP contribution in [-0.2, 0) is 0 Å². The third-order valence-electron chi connectivity index (χ3n) is 3.69. The molecule has 0 unspecified atom stereocenters. The van der Waals surface area contributed by atoms with Crippen molar-refractivity contribution >= 4 is 101 Å². The van der Waals surface area contributed by atoms with Crippen molar-refractivity contribution in [1.82, 2.24) is 0 Å². The molecule has 24 heavy (non-hydrogen) atoms. The molecule has 0 saturated carbocycles. The first-order chi connectivity index (χ1) is 10.3. The van der Waals surface area contributed by atoms with E-state index in [0.29, 0.717) is 0 Å². The van der Waals surface area contributed by atoms with E-state index in [1.807, 2.05) is 11.8 Å². The number of hydrogen-bond donors (Lipinski definition) is 1. The lowest BCUT2D eigenvalue weighted by molar-refractivity contribution is 0.744. The minimum atomic E-state index is 0. The lowest BCUT2D eigenvalue weighted by atomic mass is 10.2. The summed E-state index contributed by atoms with van der Waals surface area (Å²) in [5, 5.41) is 3.53. The van der Waals surface area contributed by atoms with Crippen molar-refractivity contribution in [2.45, 2.75) is 36.5 Å². The van der Waals surface area contributed by atoms with Gasteiger partial charge in [-0.2, -0.15) is 0 Å². The van der Waals surface area contributed by atoms with E-state index in [0.717, 1.165) is 13.1 Å². The number of para-hydroxylation sites is 1. The molecule has 1 N–H and O–H groups in total. The third-order valence-corrected chi connectivity index (χ3v) is 4.83. The Morgan fingerprint density at radius 3 is 2.12 bits per heavy atom. The molecular formula is C18H25I3N2S. The zero-order valence-corrected chi connectivity index (χ0v) is 21.8. The minimum absolute atomic E-state index is 0. The summed E-state index contributed by atoms with van der Waals surface area (Å²) in [5.74, 6) is 0. The predicted molar refractivity (Wildman–Crippen MR) is 139 cm³/mol. The molecule has 0 aliphatic carbocycles. The normalized spacial score (nSPS) is 10.8. The maximum Gasteiger partial charge on any atom is 0.0527 e. The molecule has 0 fully saturated rings. The van der Waals surface area contributed by atoms with Gasteiger partial charge in [-0.05, 0) is 43.2 Å². The van der Waals surface area contributed by atoms with Crippen LogP contribution in [0.5, 0.6) is 0 Å². The van der Waals surface area contributed by atoms with Gasteiger partial charge in [0.15, 0.2) is 0 Å². The highest BCUT2D eigenvalue weighted by Gasteiger charge is 2.16. The van der Waals surface area contributed by atoms with Gasteiger partial charge in [0.1, 0.15) is 0 Å². The molecule has 0 radical (unpaired) electrons. The van der Waals surface area contributed by atoms with Gasteiger partial charge < -0.3 is 10.2 Å². The molecule has 1 aliphatic heterocycles. The molecule has 2 aromatic carbocycles. The zero-order chi connectivity index (χ0) is 14.7. The Hall–Kier alpha value is 0.580. The van der Waals surface area contributed by atoms with Crippen LogP contribution in [0.15, 0.2) is 52.3 Å². The molecule has 2 aromatic rings. The summed E-state index contributed by atoms with van der Waals surface area (Å²) >= 11 is 1.86. The first kappa shape index (κ1) is 24.6. The van der Waals surface area contributed by atoms with E-state index in [1.165, 1.54) is 39.7 Å². The lowest BCUT2D eigenvalue weighted by Gasteiger charge is -2.27. The summed E-state index contributed by atoms with van der Waals surface area (Å²) in [6, 6.07) is 15.3. The molecule has 1 heterocycles. The summed E-state index contributed by atoms with van der Waals surface area (Å²) in [4.78, 5) is 5.12. The number of nitrogens with zero attached hydrogens (tertiary/aromatic N) is 1. The van der Waals surface area contributed by atoms with E-state index in [-0.39, 0.29) is 71.9 Å². The van der Waals surface area contributed by atoms with E-state index in [4.69, 9.17) is 0 Å². The van der Waals surface area contributed by atoms with Crippen LogP contribution < -0.4 is 10.2 Å². The van der Waals surface area contributed by atoms with Gasteiger partial charge in [0.25, 0.3) is 0 Å². The van der Waals surface area contributed by atoms with Crippen molar-refractivity contribution in [3.05, 3.63) is 42.5 Å². The summed E-state index contributed by atoms with van der Waals surface area (Å²) in [6.07, 6.45) is 2.37. The first-order valence-electron chi connectivity index (χ1n) is 7.74. The fourth-order valence-corrected chi connectivity index (χ4v) is 3.75. The van der Waals surface area contributed by atoms with Gasteiger partial charge in [-0.3, -0.25) is 0 Å². The van der Waals surface area contributed by atoms with Gasteiger partial charge in [-0.1, -0.05) is 37.7 Å². The minimum Gasteiger partial charge on any atom is -0.372 e. The second kappa shape index (κ2) is 12.1. The summed E-state index contributed by atoms with van der Waals surface area (Å²) in [5.41, 5.74) is 3.77.